The van der Waals surface area contributed by atoms with E-state index in [1.807, 2.05) is 30.0 Å². The Morgan fingerprint density at radius 1 is 0.963 bits per heavy atom. The molecule has 3 N–H and O–H groups in total. The first-order chi connectivity index (χ1) is 13.4. The van der Waals surface area contributed by atoms with Crippen molar-refractivity contribution in [3.05, 3.63) is 54.5 Å². The number of unbranched alkanes of at least 4 members (excludes halogenated alkanes) is 3. The number of thioether (sulfide) groups is 1. The van der Waals surface area contributed by atoms with Gasteiger partial charge in [-0.15, -0.1) is 11.8 Å². The summed E-state index contributed by atoms with van der Waals surface area (Å²) in [6, 6.07) is 14.3. The third-order valence-corrected chi connectivity index (χ3v) is 5.00. The lowest BCUT2D eigenvalue weighted by molar-refractivity contribution is 0.282. The summed E-state index contributed by atoms with van der Waals surface area (Å²) in [4.78, 5) is 5.96. The molecule has 0 radical (unpaired) electrons. The molecule has 2 aromatic rings. The van der Waals surface area contributed by atoms with Gasteiger partial charge in [0, 0.05) is 43.3 Å². The van der Waals surface area contributed by atoms with Gasteiger partial charge in [-0.2, -0.15) is 0 Å². The standard InChI is InChI=1S/C21H31N3O2S/c25-16-7-2-1-6-13-22-21(23-14-12-19-9-8-17-26-19)24-15-18-27-20-10-4-3-5-11-20/h3-5,8-11,17,25H,1-2,6-7,12-16,18H2,(H2,22,23,24). The molecule has 1 aromatic carbocycles. The predicted molar refractivity (Wildman–Crippen MR) is 113 cm³/mol. The molecule has 148 valence electrons. The maximum atomic E-state index is 8.83. The van der Waals surface area contributed by atoms with Crippen LogP contribution >= 0.6 is 11.8 Å². The van der Waals surface area contributed by atoms with Crippen molar-refractivity contribution in [1.82, 2.24) is 10.6 Å². The third kappa shape index (κ3) is 10.1. The minimum absolute atomic E-state index is 0.281. The van der Waals surface area contributed by atoms with Gasteiger partial charge in [0.1, 0.15) is 5.76 Å². The molecule has 0 spiro atoms. The molecule has 2 rings (SSSR count). The first-order valence-corrected chi connectivity index (χ1v) is 10.7. The van der Waals surface area contributed by atoms with Crippen LogP contribution in [0.5, 0.6) is 0 Å². The van der Waals surface area contributed by atoms with Gasteiger partial charge >= 0.3 is 0 Å². The largest absolute Gasteiger partial charge is 0.469 e. The van der Waals surface area contributed by atoms with Crippen molar-refractivity contribution in [1.29, 1.82) is 0 Å². The molecule has 0 saturated heterocycles. The second kappa shape index (κ2) is 14.2. The van der Waals surface area contributed by atoms with Gasteiger partial charge in [-0.3, -0.25) is 4.99 Å². The predicted octanol–water partition coefficient (Wildman–Crippen LogP) is 3.70. The van der Waals surface area contributed by atoms with Crippen molar-refractivity contribution in [2.75, 3.05) is 32.0 Å². The van der Waals surface area contributed by atoms with Gasteiger partial charge in [0.25, 0.3) is 0 Å². The number of aliphatic hydroxyl groups is 1. The summed E-state index contributed by atoms with van der Waals surface area (Å²) in [6.45, 7) is 2.73. The number of furan rings is 1. The zero-order chi connectivity index (χ0) is 19.0. The maximum Gasteiger partial charge on any atom is 0.191 e. The van der Waals surface area contributed by atoms with Gasteiger partial charge in [-0.05, 0) is 37.1 Å². The summed E-state index contributed by atoms with van der Waals surface area (Å²) in [5, 5.41) is 15.6. The van der Waals surface area contributed by atoms with Crippen LogP contribution in [0.1, 0.15) is 31.4 Å². The molecule has 0 aliphatic carbocycles. The van der Waals surface area contributed by atoms with E-state index in [0.29, 0.717) is 0 Å². The van der Waals surface area contributed by atoms with E-state index >= 15 is 0 Å². The molecule has 6 heteroatoms. The molecule has 1 heterocycles. The molecule has 0 fully saturated rings. The van der Waals surface area contributed by atoms with Gasteiger partial charge in [0.2, 0.25) is 0 Å². The number of benzene rings is 1. The Hall–Kier alpha value is -1.92. The van der Waals surface area contributed by atoms with Gasteiger partial charge in [-0.1, -0.05) is 31.0 Å². The van der Waals surface area contributed by atoms with Gasteiger partial charge in [-0.25, -0.2) is 0 Å². The smallest absolute Gasteiger partial charge is 0.191 e. The average Bonchev–Trinajstić information content (AvgIpc) is 3.21. The van der Waals surface area contributed by atoms with Crippen molar-refractivity contribution in [3.63, 3.8) is 0 Å². The van der Waals surface area contributed by atoms with E-state index < -0.39 is 0 Å². The summed E-state index contributed by atoms with van der Waals surface area (Å²) >= 11 is 1.84. The normalized spacial score (nSPS) is 11.5. The number of hydrogen-bond donors (Lipinski definition) is 3. The lowest BCUT2D eigenvalue weighted by Crippen LogP contribution is -2.39. The molecule has 1 aromatic heterocycles. The molecule has 27 heavy (non-hydrogen) atoms. The molecule has 0 aliphatic rings. The zero-order valence-corrected chi connectivity index (χ0v) is 16.7. The van der Waals surface area contributed by atoms with Crippen LogP contribution in [0.2, 0.25) is 0 Å². The van der Waals surface area contributed by atoms with E-state index in [0.717, 1.165) is 69.2 Å². The topological polar surface area (TPSA) is 69.8 Å². The molecular formula is C21H31N3O2S. The Bertz CT molecular complexity index is 618. The number of rotatable bonds is 13. The lowest BCUT2D eigenvalue weighted by atomic mass is 10.2. The van der Waals surface area contributed by atoms with E-state index in [2.05, 4.69) is 39.9 Å². The highest BCUT2D eigenvalue weighted by Crippen LogP contribution is 2.15. The molecule has 0 amide bonds. The Morgan fingerprint density at radius 3 is 2.56 bits per heavy atom. The van der Waals surface area contributed by atoms with Crippen LogP contribution in [-0.2, 0) is 6.42 Å². The van der Waals surface area contributed by atoms with Gasteiger partial charge in [0.15, 0.2) is 5.96 Å². The second-order valence-corrected chi connectivity index (χ2v) is 7.38. The van der Waals surface area contributed by atoms with Crippen molar-refractivity contribution in [2.24, 2.45) is 4.99 Å². The SMILES string of the molecule is OCCCCCCN=C(NCCSc1ccccc1)NCCc1ccco1. The minimum Gasteiger partial charge on any atom is -0.469 e. The fourth-order valence-electron chi connectivity index (χ4n) is 2.56. The third-order valence-electron chi connectivity index (χ3n) is 3.99. The van der Waals surface area contributed by atoms with Crippen molar-refractivity contribution in [2.45, 2.75) is 37.0 Å². The fourth-order valence-corrected chi connectivity index (χ4v) is 3.35. The number of nitrogens with zero attached hydrogens (tertiary/aromatic N) is 1. The molecular weight excluding hydrogens is 358 g/mol. The zero-order valence-electron chi connectivity index (χ0n) is 15.9. The number of hydrogen-bond acceptors (Lipinski definition) is 4. The van der Waals surface area contributed by atoms with E-state index in [1.165, 1.54) is 4.90 Å². The quantitative estimate of drug-likeness (QED) is 0.211. The molecule has 0 saturated carbocycles. The average molecular weight is 390 g/mol. The first kappa shape index (κ1) is 21.4. The molecule has 0 bridgehead atoms. The molecule has 0 unspecified atom stereocenters. The van der Waals surface area contributed by atoms with Crippen LogP contribution in [0.3, 0.4) is 0 Å². The van der Waals surface area contributed by atoms with Crippen molar-refractivity contribution in [3.8, 4) is 0 Å². The fraction of sp³-hybridized carbons (Fsp3) is 0.476. The van der Waals surface area contributed by atoms with E-state index in [4.69, 9.17) is 9.52 Å². The second-order valence-electron chi connectivity index (χ2n) is 6.21. The Morgan fingerprint density at radius 2 is 1.78 bits per heavy atom. The Balaban J connectivity index is 1.69. The Labute approximate surface area is 166 Å². The maximum absolute atomic E-state index is 8.83. The van der Waals surface area contributed by atoms with Crippen LogP contribution in [-0.4, -0.2) is 43.1 Å². The highest BCUT2D eigenvalue weighted by Gasteiger charge is 2.01. The summed E-state index contributed by atoms with van der Waals surface area (Å²) in [7, 11) is 0. The molecule has 5 nitrogen and oxygen atoms in total. The lowest BCUT2D eigenvalue weighted by Gasteiger charge is -2.12. The summed E-state index contributed by atoms with van der Waals surface area (Å²) in [5.41, 5.74) is 0. The van der Waals surface area contributed by atoms with Crippen molar-refractivity contribution < 1.29 is 9.52 Å². The number of guanidine groups is 1. The first-order valence-electron chi connectivity index (χ1n) is 9.72. The Kier molecular flexibility index (Phi) is 11.2. The minimum atomic E-state index is 0.281. The van der Waals surface area contributed by atoms with Crippen LogP contribution in [0, 0.1) is 0 Å². The van der Waals surface area contributed by atoms with Crippen LogP contribution in [0.15, 0.2) is 63.0 Å². The van der Waals surface area contributed by atoms with Crippen LogP contribution in [0.25, 0.3) is 0 Å². The van der Waals surface area contributed by atoms with Gasteiger partial charge < -0.3 is 20.2 Å². The number of nitrogens with one attached hydrogen (secondary N) is 2. The highest BCUT2D eigenvalue weighted by atomic mass is 32.2. The van der Waals surface area contributed by atoms with Crippen molar-refractivity contribution >= 4 is 17.7 Å². The van der Waals surface area contributed by atoms with E-state index in [9.17, 15) is 0 Å². The van der Waals surface area contributed by atoms with Crippen LogP contribution in [0.4, 0.5) is 0 Å². The number of aliphatic hydroxyl groups excluding tert-OH is 1. The molecule has 0 atom stereocenters. The summed E-state index contributed by atoms with van der Waals surface area (Å²) in [5.74, 6) is 2.82. The highest BCUT2D eigenvalue weighted by molar-refractivity contribution is 7.99. The van der Waals surface area contributed by atoms with Crippen LogP contribution < -0.4 is 10.6 Å². The van der Waals surface area contributed by atoms with E-state index in [1.54, 1.807) is 6.26 Å². The van der Waals surface area contributed by atoms with Gasteiger partial charge in [0.05, 0.1) is 6.26 Å². The monoisotopic (exact) mass is 389 g/mol. The summed E-state index contributed by atoms with van der Waals surface area (Å²) < 4.78 is 5.37. The number of aliphatic imine (C=N–C) groups is 1. The van der Waals surface area contributed by atoms with E-state index in [-0.39, 0.29) is 6.61 Å². The summed E-state index contributed by atoms with van der Waals surface area (Å²) in [6.07, 6.45) is 6.64. The molecule has 0 aliphatic heterocycles.